The first-order valence-corrected chi connectivity index (χ1v) is 12.1. The number of hydrogen-bond donors (Lipinski definition) is 2. The summed E-state index contributed by atoms with van der Waals surface area (Å²) < 4.78 is 0. The maximum absolute atomic E-state index is 11.3. The van der Waals surface area contributed by atoms with Crippen LogP contribution in [0.1, 0.15) is 106 Å². The first-order chi connectivity index (χ1) is 14.5. The highest BCUT2D eigenvalue weighted by Gasteiger charge is 2.49. The number of benzene rings is 1. The van der Waals surface area contributed by atoms with Gasteiger partial charge in [-0.25, -0.2) is 0 Å². The van der Waals surface area contributed by atoms with E-state index in [4.69, 9.17) is 0 Å². The first kappa shape index (κ1) is 25.4. The van der Waals surface area contributed by atoms with Crippen LogP contribution in [-0.2, 0) is 22.4 Å². The van der Waals surface area contributed by atoms with Crippen LogP contribution in [0.5, 0.6) is 0 Å². The number of carbonyl (C=O) groups is 2. The van der Waals surface area contributed by atoms with Crippen molar-refractivity contribution in [3.05, 3.63) is 33.9 Å². The summed E-state index contributed by atoms with van der Waals surface area (Å²) in [4.78, 5) is 22.6. The number of unbranched alkanes of at least 4 members (excludes halogenated alkanes) is 4. The van der Waals surface area contributed by atoms with Crippen molar-refractivity contribution in [3.63, 3.8) is 0 Å². The fraction of sp³-hybridized carbons (Fsp3) is 0.704. The molecule has 0 aliphatic heterocycles. The Morgan fingerprint density at radius 3 is 2.10 bits per heavy atom. The lowest BCUT2D eigenvalue weighted by Gasteiger charge is -2.19. The molecule has 0 radical (unpaired) electrons. The van der Waals surface area contributed by atoms with E-state index in [2.05, 4.69) is 26.8 Å². The fourth-order valence-electron chi connectivity index (χ4n) is 4.66. The Balaban J connectivity index is 1.83. The van der Waals surface area contributed by atoms with Gasteiger partial charge in [0.1, 0.15) is 0 Å². The van der Waals surface area contributed by atoms with Crippen molar-refractivity contribution in [2.45, 2.75) is 112 Å². The Morgan fingerprint density at radius 1 is 0.903 bits per heavy atom. The van der Waals surface area contributed by atoms with Gasteiger partial charge in [0, 0.05) is 0 Å². The van der Waals surface area contributed by atoms with E-state index in [1.165, 1.54) is 27.8 Å². The lowest BCUT2D eigenvalue weighted by Crippen LogP contribution is -2.23. The van der Waals surface area contributed by atoms with Gasteiger partial charge in [-0.15, -0.1) is 0 Å². The molecule has 2 rings (SSSR count). The Bertz CT molecular complexity index is 787. The lowest BCUT2D eigenvalue weighted by molar-refractivity contribution is -0.147. The zero-order valence-corrected chi connectivity index (χ0v) is 20.3. The van der Waals surface area contributed by atoms with Crippen LogP contribution in [0, 0.1) is 31.6 Å². The van der Waals surface area contributed by atoms with Crippen LogP contribution < -0.4 is 0 Å². The maximum Gasteiger partial charge on any atom is 0.309 e. The quantitative estimate of drug-likeness (QED) is 0.319. The Hall–Kier alpha value is -1.84. The summed E-state index contributed by atoms with van der Waals surface area (Å²) >= 11 is 0. The van der Waals surface area contributed by atoms with E-state index in [0.29, 0.717) is 0 Å². The predicted octanol–water partition coefficient (Wildman–Crippen LogP) is 6.79. The summed E-state index contributed by atoms with van der Waals surface area (Å²) in [7, 11) is 0. The highest BCUT2D eigenvalue weighted by atomic mass is 16.4. The van der Waals surface area contributed by atoms with Gasteiger partial charge in [-0.2, -0.15) is 0 Å². The standard InChI is InChI=1S/C27H42O4/c1-19-18-22(12-8-6-11-15-27(16-17-27)25(30)31)21(3)23(20(19)2)13-9-7-10-14-26(4,5)24(28)29/h18H,6-17H2,1-5H3,(H,28,29)(H,30,31). The van der Waals surface area contributed by atoms with Crippen LogP contribution in [0.15, 0.2) is 6.07 Å². The minimum atomic E-state index is -0.710. The second kappa shape index (κ2) is 10.7. The van der Waals surface area contributed by atoms with Crippen molar-refractivity contribution in [3.8, 4) is 0 Å². The molecular weight excluding hydrogens is 388 g/mol. The van der Waals surface area contributed by atoms with Gasteiger partial charge < -0.3 is 10.2 Å². The molecule has 174 valence electrons. The van der Waals surface area contributed by atoms with Gasteiger partial charge in [0.25, 0.3) is 0 Å². The van der Waals surface area contributed by atoms with Crippen LogP contribution in [0.2, 0.25) is 0 Å². The van der Waals surface area contributed by atoms with E-state index in [1.54, 1.807) is 0 Å². The predicted molar refractivity (Wildman–Crippen MR) is 126 cm³/mol. The molecule has 1 fully saturated rings. The molecule has 0 bridgehead atoms. The summed E-state index contributed by atoms with van der Waals surface area (Å²) in [6.07, 6.45) is 11.7. The number of hydrogen-bond acceptors (Lipinski definition) is 2. The molecule has 2 N–H and O–H groups in total. The van der Waals surface area contributed by atoms with Crippen LogP contribution in [0.3, 0.4) is 0 Å². The van der Waals surface area contributed by atoms with Gasteiger partial charge in [0.15, 0.2) is 0 Å². The number of rotatable bonds is 14. The van der Waals surface area contributed by atoms with Crippen LogP contribution in [-0.4, -0.2) is 22.2 Å². The van der Waals surface area contributed by atoms with Crippen LogP contribution >= 0.6 is 0 Å². The molecule has 0 atom stereocenters. The molecule has 0 saturated heterocycles. The Morgan fingerprint density at radius 2 is 1.52 bits per heavy atom. The summed E-state index contributed by atoms with van der Waals surface area (Å²) in [5.74, 6) is -1.31. The van der Waals surface area contributed by atoms with Crippen LogP contribution in [0.25, 0.3) is 0 Å². The van der Waals surface area contributed by atoms with E-state index in [-0.39, 0.29) is 5.41 Å². The molecule has 1 aromatic carbocycles. The number of aryl methyl sites for hydroxylation is 2. The van der Waals surface area contributed by atoms with Crippen LogP contribution in [0.4, 0.5) is 0 Å². The number of carboxylic acids is 2. The molecule has 0 amide bonds. The molecule has 0 aromatic heterocycles. The Labute approximate surface area is 188 Å². The van der Waals surface area contributed by atoms with Crippen molar-refractivity contribution < 1.29 is 19.8 Å². The maximum atomic E-state index is 11.3. The van der Waals surface area contributed by atoms with Gasteiger partial charge in [0.05, 0.1) is 10.8 Å². The van der Waals surface area contributed by atoms with E-state index in [9.17, 15) is 19.8 Å². The molecule has 0 heterocycles. The van der Waals surface area contributed by atoms with Crippen molar-refractivity contribution in [2.75, 3.05) is 0 Å². The van der Waals surface area contributed by atoms with E-state index >= 15 is 0 Å². The third-order valence-corrected chi connectivity index (χ3v) is 7.59. The second-order valence-corrected chi connectivity index (χ2v) is 10.5. The molecule has 4 heteroatoms. The molecular formula is C27H42O4. The molecule has 1 aliphatic rings. The Kier molecular flexibility index (Phi) is 8.73. The van der Waals surface area contributed by atoms with Crippen molar-refractivity contribution in [2.24, 2.45) is 10.8 Å². The largest absolute Gasteiger partial charge is 0.481 e. The highest BCUT2D eigenvalue weighted by molar-refractivity contribution is 5.77. The highest BCUT2D eigenvalue weighted by Crippen LogP contribution is 2.50. The van der Waals surface area contributed by atoms with E-state index in [1.807, 2.05) is 13.8 Å². The van der Waals surface area contributed by atoms with Gasteiger partial charge in [-0.3, -0.25) is 9.59 Å². The third kappa shape index (κ3) is 6.82. The number of carboxylic acid groups (broad SMARTS) is 2. The van der Waals surface area contributed by atoms with E-state index < -0.39 is 17.4 Å². The summed E-state index contributed by atoms with van der Waals surface area (Å²) in [6, 6.07) is 2.34. The summed E-state index contributed by atoms with van der Waals surface area (Å²) in [5.41, 5.74) is 6.04. The fourth-order valence-corrected chi connectivity index (χ4v) is 4.66. The van der Waals surface area contributed by atoms with Gasteiger partial charge >= 0.3 is 11.9 Å². The van der Waals surface area contributed by atoms with Crippen molar-refractivity contribution in [1.82, 2.24) is 0 Å². The van der Waals surface area contributed by atoms with Crippen molar-refractivity contribution in [1.29, 1.82) is 0 Å². The smallest absolute Gasteiger partial charge is 0.309 e. The molecule has 31 heavy (non-hydrogen) atoms. The third-order valence-electron chi connectivity index (χ3n) is 7.59. The SMILES string of the molecule is Cc1cc(CCCCCC2(C(=O)O)CC2)c(C)c(CCCCCC(C)(C)C(=O)O)c1C. The lowest BCUT2D eigenvalue weighted by atomic mass is 9.86. The molecule has 1 saturated carbocycles. The minimum Gasteiger partial charge on any atom is -0.481 e. The number of aliphatic carboxylic acids is 2. The summed E-state index contributed by atoms with van der Waals surface area (Å²) in [5, 5.41) is 18.6. The van der Waals surface area contributed by atoms with Crippen molar-refractivity contribution >= 4 is 11.9 Å². The first-order valence-electron chi connectivity index (χ1n) is 12.1. The molecule has 4 nitrogen and oxygen atoms in total. The monoisotopic (exact) mass is 430 g/mol. The zero-order valence-electron chi connectivity index (χ0n) is 20.3. The molecule has 1 aliphatic carbocycles. The summed E-state index contributed by atoms with van der Waals surface area (Å²) in [6.45, 7) is 10.3. The minimum absolute atomic E-state index is 0.386. The second-order valence-electron chi connectivity index (χ2n) is 10.5. The molecule has 0 unspecified atom stereocenters. The van der Waals surface area contributed by atoms with Gasteiger partial charge in [-0.1, -0.05) is 31.7 Å². The molecule has 0 spiro atoms. The zero-order chi connectivity index (χ0) is 23.2. The van der Waals surface area contributed by atoms with Gasteiger partial charge in [0.2, 0.25) is 0 Å². The average molecular weight is 431 g/mol. The van der Waals surface area contributed by atoms with Gasteiger partial charge in [-0.05, 0) is 114 Å². The van der Waals surface area contributed by atoms with E-state index in [0.717, 1.165) is 77.0 Å². The normalized spacial score (nSPS) is 15.1. The average Bonchev–Trinajstić information content (AvgIpc) is 3.48. The molecule has 1 aromatic rings. The topological polar surface area (TPSA) is 74.6 Å².